The second-order valence-electron chi connectivity index (χ2n) is 5.73. The summed E-state index contributed by atoms with van der Waals surface area (Å²) in [7, 11) is 0. The minimum Gasteiger partial charge on any atom is -0.492 e. The Labute approximate surface area is 119 Å². The molecular weight excluding hydrogens is 264 g/mol. The van der Waals surface area contributed by atoms with E-state index >= 15 is 0 Å². The Balaban J connectivity index is 2.13. The zero-order chi connectivity index (χ0) is 14.0. The summed E-state index contributed by atoms with van der Waals surface area (Å²) in [6.07, 6.45) is 0. The second kappa shape index (κ2) is 5.70. The minimum atomic E-state index is -0.232. The van der Waals surface area contributed by atoms with Crippen molar-refractivity contribution in [2.24, 2.45) is 5.41 Å². The van der Waals surface area contributed by atoms with Crippen molar-refractivity contribution < 1.29 is 14.6 Å². The average molecular weight is 285 g/mol. The molecule has 1 N–H and O–H groups in total. The van der Waals surface area contributed by atoms with Gasteiger partial charge in [0.05, 0.1) is 25.2 Å². The third-order valence-corrected chi connectivity index (χ3v) is 3.93. The quantitative estimate of drug-likeness (QED) is 0.903. The van der Waals surface area contributed by atoms with E-state index < -0.39 is 0 Å². The molecule has 1 aromatic rings. The topological polar surface area (TPSA) is 38.7 Å². The molecule has 1 saturated heterocycles. The van der Waals surface area contributed by atoms with Crippen molar-refractivity contribution in [1.82, 2.24) is 0 Å². The Morgan fingerprint density at radius 2 is 2.11 bits per heavy atom. The predicted octanol–water partition coefficient (Wildman–Crippen LogP) is 3.16. The van der Waals surface area contributed by atoms with Crippen molar-refractivity contribution in [3.63, 3.8) is 0 Å². The maximum absolute atomic E-state index is 9.39. The molecule has 0 atom stereocenters. The van der Waals surface area contributed by atoms with Crippen LogP contribution in [-0.2, 0) is 4.74 Å². The van der Waals surface area contributed by atoms with Crippen molar-refractivity contribution in [2.45, 2.75) is 26.7 Å². The summed E-state index contributed by atoms with van der Waals surface area (Å²) in [6.45, 7) is 7.89. The summed E-state index contributed by atoms with van der Waals surface area (Å²) in [4.78, 5) is 0. The summed E-state index contributed by atoms with van der Waals surface area (Å²) in [5, 5.41) is 10.2. The molecule has 0 aliphatic carbocycles. The molecule has 0 amide bonds. The lowest BCUT2D eigenvalue weighted by molar-refractivity contribution is -0.153. The molecule has 0 radical (unpaired) electrons. The first-order valence-electron chi connectivity index (χ1n) is 6.59. The van der Waals surface area contributed by atoms with E-state index in [4.69, 9.17) is 21.1 Å². The zero-order valence-electron chi connectivity index (χ0n) is 11.7. The Bertz CT molecular complexity index is 447. The van der Waals surface area contributed by atoms with Gasteiger partial charge in [0, 0.05) is 5.02 Å². The van der Waals surface area contributed by atoms with Gasteiger partial charge in [-0.2, -0.15) is 0 Å². The molecule has 0 unspecified atom stereocenters. The van der Waals surface area contributed by atoms with Crippen LogP contribution in [0.5, 0.6) is 5.75 Å². The highest BCUT2D eigenvalue weighted by atomic mass is 35.5. The lowest BCUT2D eigenvalue weighted by Crippen LogP contribution is -2.49. The number of aliphatic hydroxyl groups is 1. The number of halogens is 1. The number of aryl methyl sites for hydroxylation is 1. The standard InChI is InChI=1S/C15H21ClO3/c1-10(2)12-5-14(11(3)4-13(12)16)19-9-15(6-17)7-18-8-15/h4-5,10,17H,6-9H2,1-3H3. The summed E-state index contributed by atoms with van der Waals surface area (Å²) in [6, 6.07) is 3.95. The lowest BCUT2D eigenvalue weighted by atomic mass is 9.88. The van der Waals surface area contributed by atoms with Gasteiger partial charge in [0.25, 0.3) is 0 Å². The van der Waals surface area contributed by atoms with Gasteiger partial charge >= 0.3 is 0 Å². The molecule has 0 aromatic heterocycles. The van der Waals surface area contributed by atoms with E-state index in [-0.39, 0.29) is 12.0 Å². The molecule has 0 saturated carbocycles. The highest BCUT2D eigenvalue weighted by Crippen LogP contribution is 2.33. The van der Waals surface area contributed by atoms with Crippen LogP contribution in [0.15, 0.2) is 12.1 Å². The first kappa shape index (κ1) is 14.6. The van der Waals surface area contributed by atoms with Crippen LogP contribution in [0.4, 0.5) is 0 Å². The monoisotopic (exact) mass is 284 g/mol. The molecule has 4 heteroatoms. The Morgan fingerprint density at radius 1 is 1.42 bits per heavy atom. The SMILES string of the molecule is Cc1cc(Cl)c(C(C)C)cc1OCC1(CO)COC1. The van der Waals surface area contributed by atoms with Gasteiger partial charge in [-0.1, -0.05) is 25.4 Å². The maximum atomic E-state index is 9.39. The van der Waals surface area contributed by atoms with Gasteiger partial charge in [0.15, 0.2) is 0 Å². The number of ether oxygens (including phenoxy) is 2. The molecule has 1 heterocycles. The van der Waals surface area contributed by atoms with Crippen LogP contribution in [0.3, 0.4) is 0 Å². The van der Waals surface area contributed by atoms with E-state index in [1.54, 1.807) is 0 Å². The zero-order valence-corrected chi connectivity index (χ0v) is 12.5. The summed E-state index contributed by atoms with van der Waals surface area (Å²) in [5.41, 5.74) is 1.87. The lowest BCUT2D eigenvalue weighted by Gasteiger charge is -2.39. The molecule has 1 aliphatic rings. The average Bonchev–Trinajstić information content (AvgIpc) is 2.30. The molecule has 2 rings (SSSR count). The Kier molecular flexibility index (Phi) is 4.39. The van der Waals surface area contributed by atoms with Crippen molar-refractivity contribution in [1.29, 1.82) is 0 Å². The van der Waals surface area contributed by atoms with Gasteiger partial charge in [-0.15, -0.1) is 0 Å². The van der Waals surface area contributed by atoms with Crippen molar-refractivity contribution in [2.75, 3.05) is 26.4 Å². The van der Waals surface area contributed by atoms with Gasteiger partial charge in [-0.05, 0) is 36.1 Å². The number of aliphatic hydroxyl groups excluding tert-OH is 1. The molecule has 1 aromatic carbocycles. The van der Waals surface area contributed by atoms with Crippen molar-refractivity contribution >= 4 is 11.6 Å². The summed E-state index contributed by atoms with van der Waals surface area (Å²) >= 11 is 6.24. The molecule has 19 heavy (non-hydrogen) atoms. The maximum Gasteiger partial charge on any atom is 0.122 e. The van der Waals surface area contributed by atoms with E-state index in [1.165, 1.54) is 0 Å². The molecule has 1 fully saturated rings. The third-order valence-electron chi connectivity index (χ3n) is 3.60. The molecule has 0 bridgehead atoms. The van der Waals surface area contributed by atoms with Crippen LogP contribution in [0.2, 0.25) is 5.02 Å². The minimum absolute atomic E-state index is 0.0939. The first-order chi connectivity index (χ1) is 8.97. The highest BCUT2D eigenvalue weighted by molar-refractivity contribution is 6.31. The molecule has 106 valence electrons. The summed E-state index contributed by atoms with van der Waals surface area (Å²) < 4.78 is 11.0. The van der Waals surface area contributed by atoms with E-state index in [1.807, 2.05) is 19.1 Å². The van der Waals surface area contributed by atoms with Crippen LogP contribution < -0.4 is 4.74 Å². The number of hydrogen-bond acceptors (Lipinski definition) is 3. The number of benzene rings is 1. The summed E-state index contributed by atoms with van der Waals surface area (Å²) in [5.74, 6) is 1.20. The van der Waals surface area contributed by atoms with Crippen LogP contribution >= 0.6 is 11.6 Å². The number of hydrogen-bond donors (Lipinski definition) is 1. The fraction of sp³-hybridized carbons (Fsp3) is 0.600. The van der Waals surface area contributed by atoms with Gasteiger partial charge in [0.1, 0.15) is 12.4 Å². The van der Waals surface area contributed by atoms with Crippen LogP contribution in [0, 0.1) is 12.3 Å². The molecule has 1 aliphatic heterocycles. The Morgan fingerprint density at radius 3 is 2.58 bits per heavy atom. The van der Waals surface area contributed by atoms with Gasteiger partial charge in [-0.25, -0.2) is 0 Å². The van der Waals surface area contributed by atoms with Crippen molar-refractivity contribution in [3.05, 3.63) is 28.3 Å². The number of rotatable bonds is 5. The first-order valence-corrected chi connectivity index (χ1v) is 6.97. The predicted molar refractivity (Wildman–Crippen MR) is 76.1 cm³/mol. The smallest absolute Gasteiger partial charge is 0.122 e. The van der Waals surface area contributed by atoms with Gasteiger partial charge in [0.2, 0.25) is 0 Å². The molecule has 3 nitrogen and oxygen atoms in total. The molecular formula is C15H21ClO3. The fourth-order valence-electron chi connectivity index (χ4n) is 2.11. The van der Waals surface area contributed by atoms with Crippen LogP contribution in [0.1, 0.15) is 30.9 Å². The highest BCUT2D eigenvalue weighted by Gasteiger charge is 2.39. The van der Waals surface area contributed by atoms with E-state index in [0.29, 0.717) is 25.7 Å². The fourth-order valence-corrected chi connectivity index (χ4v) is 2.54. The Hall–Kier alpha value is -0.770. The van der Waals surface area contributed by atoms with E-state index in [9.17, 15) is 5.11 Å². The van der Waals surface area contributed by atoms with Gasteiger partial charge < -0.3 is 14.6 Å². The van der Waals surface area contributed by atoms with Crippen LogP contribution in [0.25, 0.3) is 0 Å². The van der Waals surface area contributed by atoms with Gasteiger partial charge in [-0.3, -0.25) is 0 Å². The third kappa shape index (κ3) is 3.04. The van der Waals surface area contributed by atoms with E-state index in [0.717, 1.165) is 21.9 Å². The molecule has 0 spiro atoms. The largest absolute Gasteiger partial charge is 0.492 e. The van der Waals surface area contributed by atoms with Crippen molar-refractivity contribution in [3.8, 4) is 5.75 Å². The second-order valence-corrected chi connectivity index (χ2v) is 6.14. The van der Waals surface area contributed by atoms with E-state index in [2.05, 4.69) is 13.8 Å². The normalized spacial score (nSPS) is 17.4. The van der Waals surface area contributed by atoms with Crippen LogP contribution in [-0.4, -0.2) is 31.5 Å².